The molecule has 2 aromatic rings. The molecule has 0 bridgehead atoms. The molecule has 0 amide bonds. The van der Waals surface area contributed by atoms with Crippen LogP contribution in [-0.2, 0) is 6.42 Å². The van der Waals surface area contributed by atoms with Gasteiger partial charge in [-0.2, -0.15) is 0 Å². The van der Waals surface area contributed by atoms with E-state index in [-0.39, 0.29) is 18.2 Å². The third kappa shape index (κ3) is 2.02. The van der Waals surface area contributed by atoms with Crippen LogP contribution >= 0.6 is 12.4 Å². The smallest absolute Gasteiger partial charge is 0.196 e. The summed E-state index contributed by atoms with van der Waals surface area (Å²) in [6, 6.07) is 4.26. The molecule has 1 heterocycles. The Labute approximate surface area is 86.5 Å². The summed E-state index contributed by atoms with van der Waals surface area (Å²) in [6.45, 7) is 0.481. The number of hydrogen-bond donors (Lipinski definition) is 1. The summed E-state index contributed by atoms with van der Waals surface area (Å²) >= 11 is 0. The Kier molecular flexibility index (Phi) is 3.43. The largest absolute Gasteiger partial charge is 0.441 e. The van der Waals surface area contributed by atoms with Gasteiger partial charge in [0, 0.05) is 19.0 Å². The third-order valence-electron chi connectivity index (χ3n) is 1.75. The van der Waals surface area contributed by atoms with Crippen molar-refractivity contribution < 1.29 is 8.81 Å². The monoisotopic (exact) mass is 216 g/mol. The molecule has 14 heavy (non-hydrogen) atoms. The predicted octanol–water partition coefficient (Wildman–Crippen LogP) is 1.89. The molecule has 0 aliphatic carbocycles. The summed E-state index contributed by atoms with van der Waals surface area (Å²) < 4.78 is 18.0. The highest BCUT2D eigenvalue weighted by Gasteiger charge is 2.04. The summed E-state index contributed by atoms with van der Waals surface area (Å²) in [5.41, 5.74) is 6.48. The van der Waals surface area contributed by atoms with Gasteiger partial charge in [-0.1, -0.05) is 0 Å². The summed E-state index contributed by atoms with van der Waals surface area (Å²) in [7, 11) is 0. The minimum atomic E-state index is -0.305. The molecule has 0 saturated carbocycles. The maximum absolute atomic E-state index is 12.7. The fraction of sp³-hybridized carbons (Fsp3) is 0.222. The molecule has 0 spiro atoms. The van der Waals surface area contributed by atoms with E-state index < -0.39 is 0 Å². The van der Waals surface area contributed by atoms with E-state index in [2.05, 4.69) is 4.98 Å². The van der Waals surface area contributed by atoms with Crippen LogP contribution in [0.4, 0.5) is 4.39 Å². The van der Waals surface area contributed by atoms with Crippen LogP contribution in [0.1, 0.15) is 5.89 Å². The lowest BCUT2D eigenvalue weighted by Crippen LogP contribution is -2.02. The van der Waals surface area contributed by atoms with Crippen LogP contribution in [0.2, 0.25) is 0 Å². The maximum atomic E-state index is 12.7. The zero-order valence-electron chi connectivity index (χ0n) is 7.37. The second kappa shape index (κ2) is 4.39. The van der Waals surface area contributed by atoms with E-state index in [1.165, 1.54) is 12.1 Å². The quantitative estimate of drug-likeness (QED) is 0.834. The molecule has 2 N–H and O–H groups in total. The molecular weight excluding hydrogens is 207 g/mol. The average molecular weight is 217 g/mol. The highest BCUT2D eigenvalue weighted by Crippen LogP contribution is 2.16. The standard InChI is InChI=1S/C9H9FN2O.ClH/c10-6-1-2-8-7(5-6)12-9(13-8)3-4-11;/h1-2,5H,3-4,11H2;1H. The summed E-state index contributed by atoms with van der Waals surface area (Å²) in [5, 5.41) is 0. The van der Waals surface area contributed by atoms with Crippen molar-refractivity contribution in [3.63, 3.8) is 0 Å². The normalized spacial score (nSPS) is 10.1. The lowest BCUT2D eigenvalue weighted by molar-refractivity contribution is 0.531. The number of aromatic nitrogens is 1. The van der Waals surface area contributed by atoms with Crippen LogP contribution in [0, 0.1) is 5.82 Å². The number of rotatable bonds is 2. The first-order valence-corrected chi connectivity index (χ1v) is 4.04. The Bertz CT molecular complexity index is 430. The minimum absolute atomic E-state index is 0. The van der Waals surface area contributed by atoms with Crippen molar-refractivity contribution in [1.29, 1.82) is 0 Å². The molecule has 5 heteroatoms. The van der Waals surface area contributed by atoms with Crippen molar-refractivity contribution in [2.75, 3.05) is 6.54 Å². The summed E-state index contributed by atoms with van der Waals surface area (Å²) in [5.74, 6) is 0.253. The van der Waals surface area contributed by atoms with Gasteiger partial charge >= 0.3 is 0 Å². The molecule has 0 saturated heterocycles. The Balaban J connectivity index is 0.000000980. The topological polar surface area (TPSA) is 52.0 Å². The Morgan fingerprint density at radius 1 is 1.43 bits per heavy atom. The Morgan fingerprint density at radius 3 is 2.93 bits per heavy atom. The highest BCUT2D eigenvalue weighted by molar-refractivity contribution is 5.85. The number of hydrogen-bond acceptors (Lipinski definition) is 3. The van der Waals surface area contributed by atoms with Crippen LogP contribution in [0.15, 0.2) is 22.6 Å². The number of nitrogens with zero attached hydrogens (tertiary/aromatic N) is 1. The molecule has 0 atom stereocenters. The highest BCUT2D eigenvalue weighted by atomic mass is 35.5. The van der Waals surface area contributed by atoms with E-state index in [1.807, 2.05) is 0 Å². The number of halogens is 2. The van der Waals surface area contributed by atoms with Crippen LogP contribution in [-0.4, -0.2) is 11.5 Å². The van der Waals surface area contributed by atoms with E-state index in [4.69, 9.17) is 10.2 Å². The van der Waals surface area contributed by atoms with Crippen molar-refractivity contribution in [3.05, 3.63) is 29.9 Å². The van der Waals surface area contributed by atoms with Crippen molar-refractivity contribution in [1.82, 2.24) is 4.98 Å². The first kappa shape index (κ1) is 10.9. The molecule has 0 unspecified atom stereocenters. The Hall–Kier alpha value is -1.13. The molecule has 0 fully saturated rings. The van der Waals surface area contributed by atoms with Gasteiger partial charge in [0.15, 0.2) is 11.5 Å². The second-order valence-corrected chi connectivity index (χ2v) is 2.76. The molecular formula is C9H10ClFN2O. The van der Waals surface area contributed by atoms with E-state index in [9.17, 15) is 4.39 Å². The fourth-order valence-electron chi connectivity index (χ4n) is 1.18. The molecule has 1 aromatic carbocycles. The average Bonchev–Trinajstić information content (AvgIpc) is 2.46. The van der Waals surface area contributed by atoms with Gasteiger partial charge in [0.25, 0.3) is 0 Å². The van der Waals surface area contributed by atoms with Gasteiger partial charge in [-0.15, -0.1) is 12.4 Å². The lowest BCUT2D eigenvalue weighted by Gasteiger charge is -1.85. The lowest BCUT2D eigenvalue weighted by atomic mass is 10.3. The number of benzene rings is 1. The first-order valence-electron chi connectivity index (χ1n) is 4.04. The van der Waals surface area contributed by atoms with Gasteiger partial charge in [-0.05, 0) is 12.1 Å². The van der Waals surface area contributed by atoms with Gasteiger partial charge in [0.2, 0.25) is 0 Å². The molecule has 0 aliphatic rings. The molecule has 2 rings (SSSR count). The van der Waals surface area contributed by atoms with E-state index in [1.54, 1.807) is 6.07 Å². The van der Waals surface area contributed by atoms with Crippen LogP contribution < -0.4 is 5.73 Å². The van der Waals surface area contributed by atoms with Gasteiger partial charge in [-0.3, -0.25) is 0 Å². The van der Waals surface area contributed by atoms with Crippen molar-refractivity contribution >= 4 is 23.5 Å². The molecule has 1 aromatic heterocycles. The summed E-state index contributed by atoms with van der Waals surface area (Å²) in [4.78, 5) is 4.08. The van der Waals surface area contributed by atoms with Crippen molar-refractivity contribution in [2.45, 2.75) is 6.42 Å². The molecule has 0 aliphatic heterocycles. The van der Waals surface area contributed by atoms with Crippen LogP contribution in [0.3, 0.4) is 0 Å². The van der Waals surface area contributed by atoms with Crippen molar-refractivity contribution in [2.24, 2.45) is 5.73 Å². The minimum Gasteiger partial charge on any atom is -0.441 e. The zero-order chi connectivity index (χ0) is 9.26. The molecule has 3 nitrogen and oxygen atoms in total. The Morgan fingerprint density at radius 2 is 2.21 bits per heavy atom. The number of nitrogens with two attached hydrogens (primary N) is 1. The third-order valence-corrected chi connectivity index (χ3v) is 1.75. The first-order chi connectivity index (χ1) is 6.29. The van der Waals surface area contributed by atoms with Crippen LogP contribution in [0.25, 0.3) is 11.1 Å². The van der Waals surface area contributed by atoms with Gasteiger partial charge in [-0.25, -0.2) is 9.37 Å². The molecule has 0 radical (unpaired) electrons. The second-order valence-electron chi connectivity index (χ2n) is 2.76. The fourth-order valence-corrected chi connectivity index (χ4v) is 1.18. The predicted molar refractivity (Wildman–Crippen MR) is 54.0 cm³/mol. The summed E-state index contributed by atoms with van der Waals surface area (Å²) in [6.07, 6.45) is 0.580. The SMILES string of the molecule is Cl.NCCc1nc2cc(F)ccc2o1. The number of oxazole rings is 1. The van der Waals surface area contributed by atoms with Crippen molar-refractivity contribution in [3.8, 4) is 0 Å². The zero-order valence-corrected chi connectivity index (χ0v) is 8.18. The molecule has 76 valence electrons. The van der Waals surface area contributed by atoms with Gasteiger partial charge in [0.05, 0.1) is 0 Å². The van der Waals surface area contributed by atoms with E-state index in [0.717, 1.165) is 0 Å². The van der Waals surface area contributed by atoms with Gasteiger partial charge < -0.3 is 10.2 Å². The maximum Gasteiger partial charge on any atom is 0.196 e. The van der Waals surface area contributed by atoms with Crippen LogP contribution in [0.5, 0.6) is 0 Å². The van der Waals surface area contributed by atoms with Gasteiger partial charge in [0.1, 0.15) is 11.3 Å². The number of fused-ring (bicyclic) bond motifs is 1. The van der Waals surface area contributed by atoms with E-state index >= 15 is 0 Å². The van der Waals surface area contributed by atoms with E-state index in [0.29, 0.717) is 30.0 Å².